The van der Waals surface area contributed by atoms with Crippen molar-refractivity contribution >= 4 is 36.8 Å². The Hall–Kier alpha value is -2.09. The number of halogens is 1. The van der Waals surface area contributed by atoms with Crippen LogP contribution in [0.25, 0.3) is 10.8 Å². The van der Waals surface area contributed by atoms with E-state index in [-0.39, 0.29) is 4.90 Å². The van der Waals surface area contributed by atoms with Crippen LogP contribution in [-0.4, -0.2) is 27.2 Å². The average Bonchev–Trinajstić information content (AvgIpc) is 2.69. The maximum absolute atomic E-state index is 12.9. The zero-order chi connectivity index (χ0) is 21.7. The van der Waals surface area contributed by atoms with Crippen molar-refractivity contribution in [2.24, 2.45) is 0 Å². The molecule has 3 aromatic carbocycles. The molecule has 0 aromatic heterocycles. The monoisotopic (exact) mass is 490 g/mol. The number of methoxy groups -OCH3 is 1. The van der Waals surface area contributed by atoms with Crippen LogP contribution in [0.1, 0.15) is 25.0 Å². The highest BCUT2D eigenvalue weighted by Gasteiger charge is 2.43. The molecule has 0 fully saturated rings. The van der Waals surface area contributed by atoms with Crippen molar-refractivity contribution in [2.75, 3.05) is 7.11 Å². The molecule has 5 nitrogen and oxygen atoms in total. The Kier molecular flexibility index (Phi) is 5.33. The molecule has 0 bridgehead atoms. The second-order valence-electron chi connectivity index (χ2n) is 7.96. The van der Waals surface area contributed by atoms with Crippen molar-refractivity contribution < 1.29 is 22.1 Å². The summed E-state index contributed by atoms with van der Waals surface area (Å²) in [6, 6.07) is 14.4. The summed E-state index contributed by atoms with van der Waals surface area (Å²) in [7, 11) is -2.33. The van der Waals surface area contributed by atoms with E-state index in [1.165, 1.54) is 0 Å². The van der Waals surface area contributed by atoms with Crippen LogP contribution in [0.3, 0.4) is 0 Å². The molecule has 0 saturated heterocycles. The standard InChI is InChI=1S/C23H23BrO5S/c1-14-9-11-15(12-10-14)30(25,26)29-19-13-18-20(24)22(27-4)17-8-6-5-7-16(17)21(18)28-23(19,2)3/h5-12,19H,13H2,1-4H3. The van der Waals surface area contributed by atoms with E-state index in [0.717, 1.165) is 32.1 Å². The minimum absolute atomic E-state index is 0.129. The van der Waals surface area contributed by atoms with Crippen LogP contribution < -0.4 is 9.47 Å². The normalized spacial score (nSPS) is 18.0. The summed E-state index contributed by atoms with van der Waals surface area (Å²) in [4.78, 5) is 0.129. The number of ether oxygens (including phenoxy) is 2. The van der Waals surface area contributed by atoms with Gasteiger partial charge >= 0.3 is 0 Å². The van der Waals surface area contributed by atoms with Gasteiger partial charge in [-0.25, -0.2) is 0 Å². The fraction of sp³-hybridized carbons (Fsp3) is 0.304. The van der Waals surface area contributed by atoms with E-state index in [2.05, 4.69) is 15.9 Å². The summed E-state index contributed by atoms with van der Waals surface area (Å²) in [5.74, 6) is 1.41. The first-order valence-corrected chi connectivity index (χ1v) is 11.8. The Morgan fingerprint density at radius 2 is 1.70 bits per heavy atom. The van der Waals surface area contributed by atoms with Crippen LogP contribution in [0.2, 0.25) is 0 Å². The highest BCUT2D eigenvalue weighted by Crippen LogP contribution is 2.48. The van der Waals surface area contributed by atoms with Crippen LogP contribution in [0.5, 0.6) is 11.5 Å². The predicted molar refractivity (Wildman–Crippen MR) is 120 cm³/mol. The van der Waals surface area contributed by atoms with Gasteiger partial charge in [0.1, 0.15) is 23.2 Å². The third-order valence-electron chi connectivity index (χ3n) is 5.44. The Labute approximate surface area is 185 Å². The van der Waals surface area contributed by atoms with Gasteiger partial charge in [0, 0.05) is 22.8 Å². The molecule has 7 heteroatoms. The van der Waals surface area contributed by atoms with Crippen LogP contribution >= 0.6 is 15.9 Å². The maximum Gasteiger partial charge on any atom is 0.297 e. The SMILES string of the molecule is COc1c(Br)c2c(c3ccccc13)OC(C)(C)C(OS(=O)(=O)c1ccc(C)cc1)C2. The molecule has 0 aliphatic carbocycles. The third-order valence-corrected chi connectivity index (χ3v) is 7.62. The minimum Gasteiger partial charge on any atom is -0.495 e. The van der Waals surface area contributed by atoms with Crippen molar-refractivity contribution in [1.29, 1.82) is 0 Å². The number of hydrogen-bond donors (Lipinski definition) is 0. The Bertz CT molecular complexity index is 1220. The summed E-state index contributed by atoms with van der Waals surface area (Å²) < 4.78 is 44.3. The predicted octanol–water partition coefficient (Wildman–Crippen LogP) is 5.41. The summed E-state index contributed by atoms with van der Waals surface area (Å²) in [5.41, 5.74) is 0.947. The number of aryl methyl sites for hydroxylation is 1. The first-order valence-electron chi connectivity index (χ1n) is 9.60. The molecular formula is C23H23BrO5S. The van der Waals surface area contributed by atoms with Gasteiger partial charge in [0.25, 0.3) is 10.1 Å². The van der Waals surface area contributed by atoms with Crippen molar-refractivity contribution in [2.45, 2.75) is 43.8 Å². The number of fused-ring (bicyclic) bond motifs is 3. The molecule has 3 aromatic rings. The number of hydrogen-bond acceptors (Lipinski definition) is 5. The maximum atomic E-state index is 12.9. The fourth-order valence-electron chi connectivity index (χ4n) is 3.72. The lowest BCUT2D eigenvalue weighted by atomic mass is 9.89. The summed E-state index contributed by atoms with van der Waals surface area (Å²) in [5, 5.41) is 1.84. The molecule has 1 heterocycles. The zero-order valence-electron chi connectivity index (χ0n) is 17.2. The van der Waals surface area contributed by atoms with E-state index in [4.69, 9.17) is 13.7 Å². The van der Waals surface area contributed by atoms with Crippen molar-refractivity contribution in [3.05, 3.63) is 64.1 Å². The van der Waals surface area contributed by atoms with Crippen molar-refractivity contribution in [3.63, 3.8) is 0 Å². The lowest BCUT2D eigenvalue weighted by molar-refractivity contribution is -0.0227. The molecular weight excluding hydrogens is 468 g/mol. The number of rotatable bonds is 4. The smallest absolute Gasteiger partial charge is 0.297 e. The number of benzene rings is 3. The first kappa shape index (κ1) is 21.2. The topological polar surface area (TPSA) is 61.8 Å². The molecule has 0 radical (unpaired) electrons. The lowest BCUT2D eigenvalue weighted by Crippen LogP contribution is -2.49. The van der Waals surface area contributed by atoms with Gasteiger partial charge in [0.15, 0.2) is 0 Å². The molecule has 1 unspecified atom stereocenters. The summed E-state index contributed by atoms with van der Waals surface area (Å²) >= 11 is 3.64. The van der Waals surface area contributed by atoms with Gasteiger partial charge < -0.3 is 9.47 Å². The van der Waals surface area contributed by atoms with E-state index < -0.39 is 21.8 Å². The molecule has 1 aliphatic rings. The molecule has 30 heavy (non-hydrogen) atoms. The zero-order valence-corrected chi connectivity index (χ0v) is 19.6. The Balaban J connectivity index is 1.78. The summed E-state index contributed by atoms with van der Waals surface area (Å²) in [6.07, 6.45) is -0.353. The molecule has 1 aliphatic heterocycles. The van der Waals surface area contributed by atoms with Crippen LogP contribution in [0.4, 0.5) is 0 Å². The largest absolute Gasteiger partial charge is 0.495 e. The van der Waals surface area contributed by atoms with Gasteiger partial charge in [-0.3, -0.25) is 4.18 Å². The van der Waals surface area contributed by atoms with Gasteiger partial charge in [-0.2, -0.15) is 8.42 Å². The first-order chi connectivity index (χ1) is 14.1. The van der Waals surface area contributed by atoms with Crippen LogP contribution in [0, 0.1) is 6.92 Å². The van der Waals surface area contributed by atoms with E-state index >= 15 is 0 Å². The Morgan fingerprint density at radius 3 is 2.33 bits per heavy atom. The second kappa shape index (κ2) is 7.55. The van der Waals surface area contributed by atoms with Gasteiger partial charge in [-0.15, -0.1) is 0 Å². The fourth-order valence-corrected chi connectivity index (χ4v) is 5.62. The van der Waals surface area contributed by atoms with E-state index in [1.807, 2.05) is 45.0 Å². The van der Waals surface area contributed by atoms with E-state index in [9.17, 15) is 8.42 Å². The van der Waals surface area contributed by atoms with Gasteiger partial charge in [-0.1, -0.05) is 42.0 Å². The Morgan fingerprint density at radius 1 is 1.07 bits per heavy atom. The van der Waals surface area contributed by atoms with Crippen molar-refractivity contribution in [1.82, 2.24) is 0 Å². The molecule has 1 atom stereocenters. The van der Waals surface area contributed by atoms with Gasteiger partial charge in [0.05, 0.1) is 16.5 Å². The van der Waals surface area contributed by atoms with E-state index in [0.29, 0.717) is 12.2 Å². The second-order valence-corrected chi connectivity index (χ2v) is 10.3. The quantitative estimate of drug-likeness (QED) is 0.457. The van der Waals surface area contributed by atoms with E-state index in [1.54, 1.807) is 31.4 Å². The van der Waals surface area contributed by atoms with Crippen LogP contribution in [-0.2, 0) is 20.7 Å². The van der Waals surface area contributed by atoms with Crippen molar-refractivity contribution in [3.8, 4) is 11.5 Å². The molecule has 0 saturated carbocycles. The average molecular weight is 491 g/mol. The van der Waals surface area contributed by atoms with Crippen LogP contribution in [0.15, 0.2) is 57.9 Å². The van der Waals surface area contributed by atoms with Gasteiger partial charge in [-0.05, 0) is 48.8 Å². The molecule has 4 rings (SSSR count). The lowest BCUT2D eigenvalue weighted by Gasteiger charge is -2.40. The molecule has 158 valence electrons. The minimum atomic E-state index is -3.95. The van der Waals surface area contributed by atoms with Gasteiger partial charge in [0.2, 0.25) is 0 Å². The highest BCUT2D eigenvalue weighted by molar-refractivity contribution is 9.10. The molecule has 0 amide bonds. The molecule has 0 spiro atoms. The molecule has 0 N–H and O–H groups in total. The highest BCUT2D eigenvalue weighted by atomic mass is 79.9. The third kappa shape index (κ3) is 3.59. The summed E-state index contributed by atoms with van der Waals surface area (Å²) in [6.45, 7) is 5.60.